The Labute approximate surface area is 178 Å². The van der Waals surface area contributed by atoms with Crippen molar-refractivity contribution < 1.29 is 39.6 Å². The minimum absolute atomic E-state index is 0.356. The van der Waals surface area contributed by atoms with Crippen molar-refractivity contribution in [3.05, 3.63) is 0 Å². The Balaban J connectivity index is 4.42. The van der Waals surface area contributed by atoms with E-state index in [-0.39, 0.29) is 0 Å². The molecule has 8 nitrogen and oxygen atoms in total. The summed E-state index contributed by atoms with van der Waals surface area (Å²) in [5.41, 5.74) is 0. The van der Waals surface area contributed by atoms with Crippen molar-refractivity contribution in [2.45, 2.75) is 90.9 Å². The molecule has 4 atom stereocenters. The van der Waals surface area contributed by atoms with Crippen LogP contribution in [0.25, 0.3) is 0 Å². The summed E-state index contributed by atoms with van der Waals surface area (Å²) in [6.07, 6.45) is 6.19. The molecule has 0 aromatic carbocycles. The summed E-state index contributed by atoms with van der Waals surface area (Å²) in [6.45, 7) is 3.59. The van der Waals surface area contributed by atoms with Gasteiger partial charge in [0.2, 0.25) is 0 Å². The summed E-state index contributed by atoms with van der Waals surface area (Å²) in [5.74, 6) is -5.77. The largest absolute Gasteiger partial charge is 0.481 e. The van der Waals surface area contributed by atoms with Crippen LogP contribution in [-0.4, -0.2) is 44.3 Å². The minimum Gasteiger partial charge on any atom is -0.481 e. The standard InChI is InChI=1S/C22H38O8/c1-3-4-9-16(20(25)26)11-6-13-18(22(29)30)14-7-12-17(21(27)28)10-5-8-15(2)19(23)24/h15-18H,3-14H2,1-2H3,(H,23,24)(H,25,26)(H,27,28)(H,29,30)/t15-,16?,17?,18?/m0/s1. The van der Waals surface area contributed by atoms with E-state index in [0.29, 0.717) is 64.2 Å². The van der Waals surface area contributed by atoms with Gasteiger partial charge in [0, 0.05) is 0 Å². The number of aliphatic carboxylic acids is 4. The number of hydrogen-bond acceptors (Lipinski definition) is 4. The summed E-state index contributed by atoms with van der Waals surface area (Å²) in [4.78, 5) is 45.1. The monoisotopic (exact) mass is 430 g/mol. The van der Waals surface area contributed by atoms with Crippen molar-refractivity contribution in [3.8, 4) is 0 Å². The van der Waals surface area contributed by atoms with E-state index in [9.17, 15) is 34.5 Å². The molecule has 0 radical (unpaired) electrons. The number of carboxylic acids is 4. The van der Waals surface area contributed by atoms with E-state index in [1.165, 1.54) is 0 Å². The predicted octanol–water partition coefficient (Wildman–Crippen LogP) is 4.51. The number of rotatable bonds is 19. The third kappa shape index (κ3) is 12.4. The first-order valence-electron chi connectivity index (χ1n) is 11.0. The quantitative estimate of drug-likeness (QED) is 0.234. The maximum Gasteiger partial charge on any atom is 0.306 e. The second-order valence-electron chi connectivity index (χ2n) is 8.28. The van der Waals surface area contributed by atoms with Gasteiger partial charge in [-0.2, -0.15) is 0 Å². The van der Waals surface area contributed by atoms with E-state index in [2.05, 4.69) is 0 Å². The summed E-state index contributed by atoms with van der Waals surface area (Å²) >= 11 is 0. The highest BCUT2D eigenvalue weighted by atomic mass is 16.4. The average molecular weight is 431 g/mol. The SMILES string of the molecule is CCCCC(CCCC(CCCC(CCC[C@H](C)C(=O)O)C(=O)O)C(=O)O)C(=O)O. The van der Waals surface area contributed by atoms with Gasteiger partial charge in [0.15, 0.2) is 0 Å². The van der Waals surface area contributed by atoms with Crippen LogP contribution >= 0.6 is 0 Å². The zero-order valence-electron chi connectivity index (χ0n) is 18.2. The molecule has 0 aromatic heterocycles. The maximum absolute atomic E-state index is 11.5. The molecule has 0 aliphatic rings. The molecule has 0 saturated carbocycles. The van der Waals surface area contributed by atoms with Gasteiger partial charge in [-0.25, -0.2) is 0 Å². The smallest absolute Gasteiger partial charge is 0.306 e. The van der Waals surface area contributed by atoms with Crippen molar-refractivity contribution in [1.29, 1.82) is 0 Å². The molecule has 0 saturated heterocycles. The number of unbranched alkanes of at least 4 members (excludes halogenated alkanes) is 1. The summed E-state index contributed by atoms with van der Waals surface area (Å²) in [7, 11) is 0. The van der Waals surface area contributed by atoms with Crippen LogP contribution in [0.4, 0.5) is 0 Å². The van der Waals surface area contributed by atoms with Crippen molar-refractivity contribution in [2.75, 3.05) is 0 Å². The lowest BCUT2D eigenvalue weighted by Crippen LogP contribution is -2.18. The molecule has 0 heterocycles. The Hall–Kier alpha value is -2.12. The van der Waals surface area contributed by atoms with Crippen molar-refractivity contribution in [3.63, 3.8) is 0 Å². The first-order valence-corrected chi connectivity index (χ1v) is 11.0. The fraction of sp³-hybridized carbons (Fsp3) is 0.818. The van der Waals surface area contributed by atoms with Crippen molar-refractivity contribution in [1.82, 2.24) is 0 Å². The first kappa shape index (κ1) is 27.9. The zero-order valence-corrected chi connectivity index (χ0v) is 18.2. The van der Waals surface area contributed by atoms with Crippen LogP contribution in [0.2, 0.25) is 0 Å². The molecule has 0 spiro atoms. The van der Waals surface area contributed by atoms with Crippen LogP contribution in [-0.2, 0) is 19.2 Å². The molecule has 4 N–H and O–H groups in total. The minimum atomic E-state index is -0.940. The lowest BCUT2D eigenvalue weighted by atomic mass is 9.88. The highest BCUT2D eigenvalue weighted by molar-refractivity contribution is 5.71. The van der Waals surface area contributed by atoms with Crippen molar-refractivity contribution >= 4 is 23.9 Å². The highest BCUT2D eigenvalue weighted by Gasteiger charge is 2.23. The van der Waals surface area contributed by atoms with Gasteiger partial charge >= 0.3 is 23.9 Å². The van der Waals surface area contributed by atoms with E-state index in [1.54, 1.807) is 6.92 Å². The molecule has 3 unspecified atom stereocenters. The van der Waals surface area contributed by atoms with Crippen LogP contribution in [0.5, 0.6) is 0 Å². The summed E-state index contributed by atoms with van der Waals surface area (Å²) in [5, 5.41) is 36.9. The van der Waals surface area contributed by atoms with Gasteiger partial charge in [-0.1, -0.05) is 46.0 Å². The molecule has 0 amide bonds. The van der Waals surface area contributed by atoms with E-state index < -0.39 is 47.5 Å². The Morgan fingerprint density at radius 3 is 1.10 bits per heavy atom. The average Bonchev–Trinajstić information content (AvgIpc) is 2.66. The van der Waals surface area contributed by atoms with E-state index >= 15 is 0 Å². The summed E-state index contributed by atoms with van der Waals surface area (Å²) < 4.78 is 0. The number of hydrogen-bond donors (Lipinski definition) is 4. The molecule has 0 aliphatic carbocycles. The van der Waals surface area contributed by atoms with E-state index in [4.69, 9.17) is 5.11 Å². The normalized spacial score (nSPS) is 15.1. The molecule has 174 valence electrons. The van der Waals surface area contributed by atoms with Crippen LogP contribution < -0.4 is 0 Å². The van der Waals surface area contributed by atoms with Crippen LogP contribution in [0.3, 0.4) is 0 Å². The fourth-order valence-corrected chi connectivity index (χ4v) is 3.64. The van der Waals surface area contributed by atoms with E-state index in [0.717, 1.165) is 12.8 Å². The molecule has 0 aromatic rings. The van der Waals surface area contributed by atoms with Crippen LogP contribution in [0.15, 0.2) is 0 Å². The molecule has 8 heteroatoms. The van der Waals surface area contributed by atoms with Gasteiger partial charge in [0.25, 0.3) is 0 Å². The lowest BCUT2D eigenvalue weighted by molar-refractivity contribution is -0.143. The first-order chi connectivity index (χ1) is 14.1. The Kier molecular flexibility index (Phi) is 14.6. The van der Waals surface area contributed by atoms with Crippen LogP contribution in [0.1, 0.15) is 90.9 Å². The molecular formula is C22H38O8. The van der Waals surface area contributed by atoms with Gasteiger partial charge in [-0.3, -0.25) is 19.2 Å². The lowest BCUT2D eigenvalue weighted by Gasteiger charge is -2.17. The molecular weight excluding hydrogens is 392 g/mol. The van der Waals surface area contributed by atoms with Crippen molar-refractivity contribution in [2.24, 2.45) is 23.7 Å². The van der Waals surface area contributed by atoms with Gasteiger partial charge in [0.1, 0.15) is 0 Å². The van der Waals surface area contributed by atoms with Crippen LogP contribution in [0, 0.1) is 23.7 Å². The number of carboxylic acid groups (broad SMARTS) is 4. The zero-order chi connectivity index (χ0) is 23.1. The Morgan fingerprint density at radius 1 is 0.533 bits per heavy atom. The Bertz CT molecular complexity index is 545. The highest BCUT2D eigenvalue weighted by Crippen LogP contribution is 2.24. The van der Waals surface area contributed by atoms with Gasteiger partial charge in [-0.15, -0.1) is 0 Å². The summed E-state index contributed by atoms with van der Waals surface area (Å²) in [6, 6.07) is 0. The fourth-order valence-electron chi connectivity index (χ4n) is 3.64. The third-order valence-corrected chi connectivity index (χ3v) is 5.78. The molecule has 0 aliphatic heterocycles. The molecule has 0 bridgehead atoms. The van der Waals surface area contributed by atoms with E-state index in [1.807, 2.05) is 6.92 Å². The topological polar surface area (TPSA) is 149 Å². The second kappa shape index (κ2) is 15.7. The molecule has 30 heavy (non-hydrogen) atoms. The Morgan fingerprint density at radius 2 is 0.833 bits per heavy atom. The van der Waals surface area contributed by atoms with Gasteiger partial charge < -0.3 is 20.4 Å². The second-order valence-corrected chi connectivity index (χ2v) is 8.28. The van der Waals surface area contributed by atoms with Gasteiger partial charge in [0.05, 0.1) is 23.7 Å². The maximum atomic E-state index is 11.5. The molecule has 0 fully saturated rings. The predicted molar refractivity (Wildman–Crippen MR) is 111 cm³/mol. The third-order valence-electron chi connectivity index (χ3n) is 5.78. The number of carbonyl (C=O) groups is 4. The molecule has 0 rings (SSSR count). The van der Waals surface area contributed by atoms with Gasteiger partial charge in [-0.05, 0) is 44.9 Å².